The van der Waals surface area contributed by atoms with Gasteiger partial charge in [-0.05, 0) is 11.1 Å². The molecule has 0 unspecified atom stereocenters. The fourth-order valence-corrected chi connectivity index (χ4v) is 3.68. The molecule has 0 aliphatic rings. The van der Waals surface area contributed by atoms with Gasteiger partial charge in [-0.15, -0.1) is 11.8 Å². The Morgan fingerprint density at radius 2 is 1.48 bits per heavy atom. The lowest BCUT2D eigenvalue weighted by molar-refractivity contribution is 1.10. The minimum atomic E-state index is 0.121. The molecule has 0 spiro atoms. The van der Waals surface area contributed by atoms with Gasteiger partial charge in [0.1, 0.15) is 22.3 Å². The first-order chi connectivity index (χ1) is 12.2. The van der Waals surface area contributed by atoms with Crippen molar-refractivity contribution in [2.24, 2.45) is 0 Å². The quantitative estimate of drug-likeness (QED) is 0.458. The van der Waals surface area contributed by atoms with Gasteiger partial charge in [0.05, 0.1) is 11.1 Å². The summed E-state index contributed by atoms with van der Waals surface area (Å²) < 4.78 is 0. The van der Waals surface area contributed by atoms with Crippen LogP contribution in [0.1, 0.15) is 16.7 Å². The van der Waals surface area contributed by atoms with Gasteiger partial charge in [-0.1, -0.05) is 72.3 Å². The first-order valence-corrected chi connectivity index (χ1v) is 8.86. The van der Waals surface area contributed by atoms with Crippen LogP contribution in [0.2, 0.25) is 5.15 Å². The lowest BCUT2D eigenvalue weighted by Gasteiger charge is -2.12. The minimum absolute atomic E-state index is 0.121. The maximum atomic E-state index is 9.71. The van der Waals surface area contributed by atoms with Crippen LogP contribution in [-0.4, -0.2) is 4.98 Å². The average molecular weight is 362 g/mol. The highest BCUT2D eigenvalue weighted by molar-refractivity contribution is 7.98. The van der Waals surface area contributed by atoms with Gasteiger partial charge in [0.15, 0.2) is 0 Å². The van der Waals surface area contributed by atoms with E-state index in [2.05, 4.69) is 17.1 Å². The van der Waals surface area contributed by atoms with Crippen molar-refractivity contribution in [2.75, 3.05) is 0 Å². The highest BCUT2D eigenvalue weighted by Crippen LogP contribution is 2.37. The van der Waals surface area contributed by atoms with Gasteiger partial charge < -0.3 is 0 Å². The number of benzene rings is 2. The molecule has 3 rings (SSSR count). The summed E-state index contributed by atoms with van der Waals surface area (Å²) in [5.74, 6) is 0.666. The number of rotatable bonds is 4. The molecule has 1 aromatic heterocycles. The molecule has 3 nitrogen and oxygen atoms in total. The van der Waals surface area contributed by atoms with Gasteiger partial charge in [-0.25, -0.2) is 4.98 Å². The molecule has 0 saturated heterocycles. The summed E-state index contributed by atoms with van der Waals surface area (Å²) >= 11 is 7.68. The third-order valence-electron chi connectivity index (χ3n) is 3.62. The largest absolute Gasteiger partial charge is 0.227 e. The molecule has 120 valence electrons. The summed E-state index contributed by atoms with van der Waals surface area (Å²) in [6.07, 6.45) is 0. The second kappa shape index (κ2) is 7.85. The van der Waals surface area contributed by atoms with Crippen LogP contribution in [0.5, 0.6) is 0 Å². The van der Waals surface area contributed by atoms with E-state index in [-0.39, 0.29) is 10.7 Å². The first kappa shape index (κ1) is 17.0. The van der Waals surface area contributed by atoms with E-state index in [0.29, 0.717) is 21.9 Å². The number of hydrogen-bond acceptors (Lipinski definition) is 4. The molecule has 0 bridgehead atoms. The number of pyridine rings is 1. The Balaban J connectivity index is 2.10. The van der Waals surface area contributed by atoms with E-state index in [9.17, 15) is 10.5 Å². The third kappa shape index (κ3) is 3.67. The Bertz CT molecular complexity index is 974. The summed E-state index contributed by atoms with van der Waals surface area (Å²) in [6, 6.07) is 23.5. The van der Waals surface area contributed by atoms with Crippen molar-refractivity contribution in [2.45, 2.75) is 10.8 Å². The molecule has 0 N–H and O–H groups in total. The lowest BCUT2D eigenvalue weighted by atomic mass is 9.98. The van der Waals surface area contributed by atoms with Crippen molar-refractivity contribution in [3.63, 3.8) is 0 Å². The first-order valence-electron chi connectivity index (χ1n) is 7.50. The van der Waals surface area contributed by atoms with Crippen LogP contribution in [0.15, 0.2) is 65.7 Å². The molecular weight excluding hydrogens is 350 g/mol. The van der Waals surface area contributed by atoms with Crippen LogP contribution in [0, 0.1) is 22.7 Å². The summed E-state index contributed by atoms with van der Waals surface area (Å²) in [7, 11) is 0. The second-order valence-corrected chi connectivity index (χ2v) is 6.52. The molecule has 5 heteroatoms. The standard InChI is InChI=1S/C20H12ClN3S/c21-19-16(11-22)18(15-9-5-2-6-10-15)17(12-23)20(24-19)25-13-14-7-3-1-4-8-14/h1-10H,13H2. The van der Waals surface area contributed by atoms with E-state index >= 15 is 0 Å². The summed E-state index contributed by atoms with van der Waals surface area (Å²) in [6.45, 7) is 0. The SMILES string of the molecule is N#Cc1c(Cl)nc(SCc2ccccc2)c(C#N)c1-c1ccccc1. The van der Waals surface area contributed by atoms with Crippen molar-refractivity contribution < 1.29 is 0 Å². The van der Waals surface area contributed by atoms with E-state index in [1.807, 2.05) is 60.7 Å². The van der Waals surface area contributed by atoms with Gasteiger partial charge in [0, 0.05) is 11.3 Å². The van der Waals surface area contributed by atoms with Crippen LogP contribution in [-0.2, 0) is 5.75 Å². The van der Waals surface area contributed by atoms with Crippen molar-refractivity contribution in [1.29, 1.82) is 10.5 Å². The zero-order valence-corrected chi connectivity index (χ0v) is 14.7. The highest BCUT2D eigenvalue weighted by Gasteiger charge is 2.20. The highest BCUT2D eigenvalue weighted by atomic mass is 35.5. The number of halogens is 1. The van der Waals surface area contributed by atoms with Crippen molar-refractivity contribution in [3.8, 4) is 23.3 Å². The molecule has 0 amide bonds. The summed E-state index contributed by atoms with van der Waals surface area (Å²) in [5, 5.41) is 19.9. The van der Waals surface area contributed by atoms with Crippen molar-refractivity contribution >= 4 is 23.4 Å². The lowest BCUT2D eigenvalue weighted by Crippen LogP contribution is -1.98. The van der Waals surface area contributed by atoms with Crippen LogP contribution >= 0.6 is 23.4 Å². The Kier molecular flexibility index (Phi) is 5.36. The van der Waals surface area contributed by atoms with Crippen molar-refractivity contribution in [1.82, 2.24) is 4.98 Å². The predicted molar refractivity (Wildman–Crippen MR) is 100 cm³/mol. The number of hydrogen-bond donors (Lipinski definition) is 0. The molecular formula is C20H12ClN3S. The monoisotopic (exact) mass is 361 g/mol. The summed E-state index contributed by atoms with van der Waals surface area (Å²) in [4.78, 5) is 4.30. The molecule has 0 fully saturated rings. The number of aromatic nitrogens is 1. The molecule has 0 saturated carbocycles. The van der Waals surface area contributed by atoms with Crippen LogP contribution in [0.3, 0.4) is 0 Å². The summed E-state index contributed by atoms with van der Waals surface area (Å²) in [5.41, 5.74) is 3.06. The van der Waals surface area contributed by atoms with E-state index < -0.39 is 0 Å². The Morgan fingerprint density at radius 3 is 2.08 bits per heavy atom. The van der Waals surface area contributed by atoms with Crippen LogP contribution in [0.25, 0.3) is 11.1 Å². The fourth-order valence-electron chi connectivity index (χ4n) is 2.47. The van der Waals surface area contributed by atoms with Crippen molar-refractivity contribution in [3.05, 3.63) is 82.5 Å². The van der Waals surface area contributed by atoms with E-state index in [1.54, 1.807) is 0 Å². The third-order valence-corrected chi connectivity index (χ3v) is 4.94. The zero-order valence-electron chi connectivity index (χ0n) is 13.1. The zero-order chi connectivity index (χ0) is 17.6. The number of thioether (sulfide) groups is 1. The molecule has 0 aliphatic carbocycles. The van der Waals surface area contributed by atoms with Gasteiger partial charge in [-0.2, -0.15) is 10.5 Å². The Hall–Kier alpha value is -2.79. The average Bonchev–Trinajstić information content (AvgIpc) is 2.67. The number of nitriles is 2. The second-order valence-electron chi connectivity index (χ2n) is 5.20. The molecule has 0 aliphatic heterocycles. The number of nitrogens with zero attached hydrogens (tertiary/aromatic N) is 3. The van der Waals surface area contributed by atoms with Gasteiger partial charge >= 0.3 is 0 Å². The van der Waals surface area contributed by atoms with E-state index in [1.165, 1.54) is 11.8 Å². The van der Waals surface area contributed by atoms with Gasteiger partial charge in [0.25, 0.3) is 0 Å². The predicted octanol–water partition coefficient (Wildman–Crippen LogP) is 5.44. The van der Waals surface area contributed by atoms with Gasteiger partial charge in [0.2, 0.25) is 0 Å². The molecule has 3 aromatic rings. The Morgan fingerprint density at radius 1 is 0.880 bits per heavy atom. The fraction of sp³-hybridized carbons (Fsp3) is 0.0500. The molecule has 1 heterocycles. The molecule has 0 atom stereocenters. The molecule has 2 aromatic carbocycles. The Labute approximate surface area is 155 Å². The minimum Gasteiger partial charge on any atom is -0.227 e. The van der Waals surface area contributed by atoms with E-state index in [4.69, 9.17) is 11.6 Å². The molecule has 25 heavy (non-hydrogen) atoms. The van der Waals surface area contributed by atoms with Crippen LogP contribution in [0.4, 0.5) is 0 Å². The maximum Gasteiger partial charge on any atom is 0.148 e. The topological polar surface area (TPSA) is 60.5 Å². The molecule has 0 radical (unpaired) electrons. The smallest absolute Gasteiger partial charge is 0.148 e. The maximum absolute atomic E-state index is 9.71. The normalized spacial score (nSPS) is 10.0. The van der Waals surface area contributed by atoms with E-state index in [0.717, 1.165) is 11.1 Å². The van der Waals surface area contributed by atoms with Gasteiger partial charge in [-0.3, -0.25) is 0 Å². The van der Waals surface area contributed by atoms with Crippen LogP contribution < -0.4 is 0 Å².